The average Bonchev–Trinajstić information content (AvgIpc) is 3.13. The fraction of sp³-hybridized carbons (Fsp3) is 0.269. The number of aromatic nitrogens is 1. The lowest BCUT2D eigenvalue weighted by Gasteiger charge is -2.30. The van der Waals surface area contributed by atoms with Gasteiger partial charge in [-0.05, 0) is 53.8 Å². The molecule has 1 saturated heterocycles. The fourth-order valence-electron chi connectivity index (χ4n) is 4.98. The Morgan fingerprint density at radius 2 is 1.67 bits per heavy atom. The van der Waals surface area contributed by atoms with Gasteiger partial charge >= 0.3 is 0 Å². The number of rotatable bonds is 5. The van der Waals surface area contributed by atoms with Crippen LogP contribution in [0.4, 0.5) is 0 Å². The molecule has 33 heavy (non-hydrogen) atoms. The van der Waals surface area contributed by atoms with Gasteiger partial charge in [0, 0.05) is 18.8 Å². The predicted molar refractivity (Wildman–Crippen MR) is 125 cm³/mol. The molecular weight excluding hydrogens is 416 g/mol. The highest BCUT2D eigenvalue weighted by molar-refractivity contribution is 5.95. The number of hydrogen-bond donors (Lipinski definition) is 3. The molecule has 1 aromatic heterocycles. The molecule has 1 unspecified atom stereocenters. The summed E-state index contributed by atoms with van der Waals surface area (Å²) in [6.45, 7) is 1.93. The first-order valence-corrected chi connectivity index (χ1v) is 11.2. The zero-order valence-corrected chi connectivity index (χ0v) is 18.2. The summed E-state index contributed by atoms with van der Waals surface area (Å²) in [7, 11) is 0. The predicted octanol–water partition coefficient (Wildman–Crippen LogP) is 2.57. The van der Waals surface area contributed by atoms with Crippen molar-refractivity contribution < 1.29 is 9.59 Å². The van der Waals surface area contributed by atoms with Crippen LogP contribution in [0, 0.1) is 5.92 Å². The van der Waals surface area contributed by atoms with Crippen molar-refractivity contribution in [3.63, 3.8) is 0 Å². The molecule has 1 aliphatic carbocycles. The Balaban J connectivity index is 1.33. The molecule has 1 fully saturated rings. The van der Waals surface area contributed by atoms with Crippen LogP contribution in [0.1, 0.15) is 46.1 Å². The SMILES string of the molecule is NC(=O)C1CCCN(Cc2ccc(C(=O)NC3c4ccccc4-c4ccccc43)c(=O)[nH]2)C1. The van der Waals surface area contributed by atoms with E-state index in [-0.39, 0.29) is 23.4 Å². The first kappa shape index (κ1) is 21.2. The molecule has 1 aliphatic heterocycles. The van der Waals surface area contributed by atoms with Crippen molar-refractivity contribution in [2.45, 2.75) is 25.4 Å². The van der Waals surface area contributed by atoms with Gasteiger partial charge < -0.3 is 16.0 Å². The number of pyridine rings is 1. The van der Waals surface area contributed by atoms with E-state index < -0.39 is 11.5 Å². The average molecular weight is 443 g/mol. The summed E-state index contributed by atoms with van der Waals surface area (Å²) < 4.78 is 0. The number of carbonyl (C=O) groups is 2. The highest BCUT2D eigenvalue weighted by Crippen LogP contribution is 2.43. The van der Waals surface area contributed by atoms with Crippen molar-refractivity contribution in [1.82, 2.24) is 15.2 Å². The minimum Gasteiger partial charge on any atom is -0.369 e. The van der Waals surface area contributed by atoms with Crippen LogP contribution in [-0.2, 0) is 11.3 Å². The zero-order chi connectivity index (χ0) is 22.9. The maximum Gasteiger partial charge on any atom is 0.261 e. The highest BCUT2D eigenvalue weighted by atomic mass is 16.2. The van der Waals surface area contributed by atoms with Gasteiger partial charge in [-0.3, -0.25) is 19.3 Å². The number of aromatic amines is 1. The van der Waals surface area contributed by atoms with E-state index in [1.54, 1.807) is 12.1 Å². The number of nitrogens with one attached hydrogen (secondary N) is 2. The Morgan fingerprint density at radius 1 is 1.00 bits per heavy atom. The third-order valence-electron chi connectivity index (χ3n) is 6.63. The molecule has 2 aliphatic rings. The monoisotopic (exact) mass is 442 g/mol. The largest absolute Gasteiger partial charge is 0.369 e. The van der Waals surface area contributed by atoms with Gasteiger partial charge in [-0.2, -0.15) is 0 Å². The van der Waals surface area contributed by atoms with Crippen molar-refractivity contribution in [2.24, 2.45) is 11.7 Å². The molecule has 1 atom stereocenters. The number of fused-ring (bicyclic) bond motifs is 3. The highest BCUT2D eigenvalue weighted by Gasteiger charge is 2.30. The van der Waals surface area contributed by atoms with Gasteiger partial charge in [0.2, 0.25) is 5.91 Å². The van der Waals surface area contributed by atoms with Gasteiger partial charge in [-0.1, -0.05) is 48.5 Å². The first-order valence-electron chi connectivity index (χ1n) is 11.2. The maximum atomic E-state index is 13.1. The third kappa shape index (κ3) is 4.07. The molecule has 2 heterocycles. The summed E-state index contributed by atoms with van der Waals surface area (Å²) in [5.74, 6) is -0.853. The first-order chi connectivity index (χ1) is 16.0. The van der Waals surface area contributed by atoms with Gasteiger partial charge in [0.1, 0.15) is 5.56 Å². The van der Waals surface area contributed by atoms with Crippen molar-refractivity contribution >= 4 is 11.8 Å². The fourth-order valence-corrected chi connectivity index (χ4v) is 4.98. The molecule has 7 heteroatoms. The van der Waals surface area contributed by atoms with E-state index >= 15 is 0 Å². The van der Waals surface area contributed by atoms with Crippen LogP contribution in [-0.4, -0.2) is 34.8 Å². The molecule has 5 rings (SSSR count). The topological polar surface area (TPSA) is 108 Å². The molecule has 3 aromatic rings. The van der Waals surface area contributed by atoms with Crippen LogP contribution < -0.4 is 16.6 Å². The van der Waals surface area contributed by atoms with Crippen molar-refractivity contribution in [3.05, 3.63) is 93.4 Å². The van der Waals surface area contributed by atoms with E-state index in [1.807, 2.05) is 48.5 Å². The Kier molecular flexibility index (Phi) is 5.56. The molecule has 0 radical (unpaired) electrons. The number of piperidine rings is 1. The Bertz CT molecular complexity index is 1240. The molecule has 0 bridgehead atoms. The molecule has 2 amide bonds. The van der Waals surface area contributed by atoms with Gasteiger partial charge in [-0.15, -0.1) is 0 Å². The summed E-state index contributed by atoms with van der Waals surface area (Å²) in [6, 6.07) is 19.0. The lowest BCUT2D eigenvalue weighted by atomic mass is 9.97. The van der Waals surface area contributed by atoms with Crippen LogP contribution >= 0.6 is 0 Å². The third-order valence-corrected chi connectivity index (χ3v) is 6.63. The summed E-state index contributed by atoms with van der Waals surface area (Å²) >= 11 is 0. The Morgan fingerprint density at radius 3 is 2.30 bits per heavy atom. The summed E-state index contributed by atoms with van der Waals surface area (Å²) in [5, 5.41) is 3.05. The number of carbonyl (C=O) groups excluding carboxylic acids is 2. The molecule has 0 saturated carbocycles. The lowest BCUT2D eigenvalue weighted by Crippen LogP contribution is -2.41. The number of likely N-dealkylation sites (tertiary alicyclic amines) is 1. The molecular formula is C26H26N4O3. The maximum absolute atomic E-state index is 13.1. The summed E-state index contributed by atoms with van der Waals surface area (Å²) in [6.07, 6.45) is 1.69. The van der Waals surface area contributed by atoms with Crippen LogP contribution in [0.15, 0.2) is 65.5 Å². The van der Waals surface area contributed by atoms with Gasteiger partial charge in [0.05, 0.1) is 12.0 Å². The number of nitrogens with zero attached hydrogens (tertiary/aromatic N) is 1. The smallest absolute Gasteiger partial charge is 0.261 e. The van der Waals surface area contributed by atoms with E-state index in [2.05, 4.69) is 15.2 Å². The molecule has 0 spiro atoms. The second-order valence-electron chi connectivity index (χ2n) is 8.78. The second-order valence-corrected chi connectivity index (χ2v) is 8.78. The minimum atomic E-state index is -0.423. The van der Waals surface area contributed by atoms with Crippen LogP contribution in [0.3, 0.4) is 0 Å². The lowest BCUT2D eigenvalue weighted by molar-refractivity contribution is -0.123. The number of nitrogens with two attached hydrogens (primary N) is 1. The number of amides is 2. The minimum absolute atomic E-state index is 0.0780. The number of H-pyrrole nitrogens is 1. The molecule has 4 N–H and O–H groups in total. The Hall–Kier alpha value is -3.71. The molecule has 7 nitrogen and oxygen atoms in total. The van der Waals surface area contributed by atoms with E-state index in [4.69, 9.17) is 5.73 Å². The summed E-state index contributed by atoms with van der Waals surface area (Å²) in [4.78, 5) is 42.3. The summed E-state index contributed by atoms with van der Waals surface area (Å²) in [5.41, 5.74) is 10.1. The van der Waals surface area contributed by atoms with E-state index in [0.717, 1.165) is 41.6 Å². The molecule has 2 aromatic carbocycles. The van der Waals surface area contributed by atoms with Gasteiger partial charge in [-0.25, -0.2) is 0 Å². The zero-order valence-electron chi connectivity index (χ0n) is 18.2. The molecule has 168 valence electrons. The van der Waals surface area contributed by atoms with Crippen LogP contribution in [0.25, 0.3) is 11.1 Å². The van der Waals surface area contributed by atoms with Crippen molar-refractivity contribution in [1.29, 1.82) is 0 Å². The van der Waals surface area contributed by atoms with Gasteiger partial charge in [0.25, 0.3) is 11.5 Å². The second kappa shape index (κ2) is 8.67. The normalized spacial score (nSPS) is 17.9. The van der Waals surface area contributed by atoms with Gasteiger partial charge in [0.15, 0.2) is 0 Å². The quantitative estimate of drug-likeness (QED) is 0.564. The van der Waals surface area contributed by atoms with Crippen molar-refractivity contribution in [2.75, 3.05) is 13.1 Å². The van der Waals surface area contributed by atoms with E-state index in [1.165, 1.54) is 0 Å². The standard InChI is InChI=1S/C26H26N4O3/c27-24(31)16-6-5-13-30(14-16)15-17-11-12-22(25(32)28-17)26(33)29-23-20-9-3-1-7-18(20)19-8-2-4-10-21(19)23/h1-4,7-12,16,23H,5-6,13-15H2,(H2,27,31)(H,28,32)(H,29,33). The number of primary amides is 1. The van der Waals surface area contributed by atoms with Crippen LogP contribution in [0.2, 0.25) is 0 Å². The van der Waals surface area contributed by atoms with E-state index in [9.17, 15) is 14.4 Å². The number of benzene rings is 2. The van der Waals surface area contributed by atoms with Crippen LogP contribution in [0.5, 0.6) is 0 Å². The van der Waals surface area contributed by atoms with E-state index in [0.29, 0.717) is 18.8 Å². The number of hydrogen-bond acceptors (Lipinski definition) is 4. The van der Waals surface area contributed by atoms with Crippen molar-refractivity contribution in [3.8, 4) is 11.1 Å². The Labute approximate surface area is 191 Å².